The second-order valence-corrected chi connectivity index (χ2v) is 6.01. The van der Waals surface area contributed by atoms with E-state index in [9.17, 15) is 8.42 Å². The summed E-state index contributed by atoms with van der Waals surface area (Å²) in [6.45, 7) is 4.22. The van der Waals surface area contributed by atoms with Crippen LogP contribution >= 0.6 is 0 Å². The maximum absolute atomic E-state index is 11.7. The zero-order valence-electron chi connectivity index (χ0n) is 10.0. The van der Waals surface area contributed by atoms with Crippen LogP contribution in [-0.4, -0.2) is 61.9 Å². The van der Waals surface area contributed by atoms with Gasteiger partial charge in [-0.1, -0.05) is 5.16 Å². The van der Waals surface area contributed by atoms with Crippen molar-refractivity contribution < 1.29 is 12.9 Å². The van der Waals surface area contributed by atoms with Crippen molar-refractivity contribution in [1.29, 1.82) is 0 Å². The van der Waals surface area contributed by atoms with Crippen molar-refractivity contribution in [3.8, 4) is 0 Å². The SMILES string of the molecule is O=S(=O)(CCN1CCNCC1)NCc1ncon1. The molecule has 2 N–H and O–H groups in total. The summed E-state index contributed by atoms with van der Waals surface area (Å²) in [7, 11) is -3.29. The third-order valence-corrected chi connectivity index (χ3v) is 4.05. The molecule has 0 radical (unpaired) electrons. The maximum Gasteiger partial charge on any atom is 0.213 e. The van der Waals surface area contributed by atoms with E-state index < -0.39 is 10.0 Å². The predicted octanol–water partition coefficient (Wildman–Crippen LogP) is -1.61. The van der Waals surface area contributed by atoms with Gasteiger partial charge in [-0.15, -0.1) is 0 Å². The number of nitrogens with one attached hydrogen (secondary N) is 2. The van der Waals surface area contributed by atoms with E-state index in [0.717, 1.165) is 26.2 Å². The molecule has 2 rings (SSSR count). The van der Waals surface area contributed by atoms with Crippen LogP contribution in [0.5, 0.6) is 0 Å². The molecule has 0 atom stereocenters. The van der Waals surface area contributed by atoms with Crippen molar-refractivity contribution in [1.82, 2.24) is 25.1 Å². The first kappa shape index (κ1) is 13.4. The molecule has 0 unspecified atom stereocenters. The van der Waals surface area contributed by atoms with E-state index in [2.05, 4.69) is 29.6 Å². The Balaban J connectivity index is 1.73. The molecule has 1 saturated heterocycles. The summed E-state index contributed by atoms with van der Waals surface area (Å²) < 4.78 is 30.4. The second-order valence-electron chi connectivity index (χ2n) is 4.08. The van der Waals surface area contributed by atoms with Gasteiger partial charge in [-0.05, 0) is 0 Å². The molecule has 1 aromatic rings. The highest BCUT2D eigenvalue weighted by molar-refractivity contribution is 7.89. The Labute approximate surface area is 106 Å². The van der Waals surface area contributed by atoms with Gasteiger partial charge >= 0.3 is 0 Å². The Bertz CT molecular complexity index is 441. The lowest BCUT2D eigenvalue weighted by molar-refractivity contribution is 0.253. The van der Waals surface area contributed by atoms with Crippen molar-refractivity contribution in [3.63, 3.8) is 0 Å². The highest BCUT2D eigenvalue weighted by Crippen LogP contribution is 1.96. The first-order valence-corrected chi connectivity index (χ1v) is 7.46. The molecular weight excluding hydrogens is 258 g/mol. The van der Waals surface area contributed by atoms with Gasteiger partial charge < -0.3 is 9.84 Å². The number of hydrogen-bond donors (Lipinski definition) is 2. The molecule has 0 aliphatic carbocycles. The molecule has 0 amide bonds. The Kier molecular flexibility index (Phi) is 4.64. The van der Waals surface area contributed by atoms with E-state index >= 15 is 0 Å². The first-order chi connectivity index (χ1) is 8.66. The van der Waals surface area contributed by atoms with Crippen LogP contribution < -0.4 is 10.0 Å². The lowest BCUT2D eigenvalue weighted by Gasteiger charge is -2.26. The average molecular weight is 275 g/mol. The minimum Gasteiger partial charge on any atom is -0.343 e. The molecule has 9 heteroatoms. The Morgan fingerprint density at radius 1 is 1.44 bits per heavy atom. The van der Waals surface area contributed by atoms with Crippen LogP contribution in [0.3, 0.4) is 0 Å². The molecule has 1 aromatic heterocycles. The van der Waals surface area contributed by atoms with Crippen LogP contribution in [0.2, 0.25) is 0 Å². The van der Waals surface area contributed by atoms with Crippen LogP contribution in [0.25, 0.3) is 0 Å². The van der Waals surface area contributed by atoms with Crippen molar-refractivity contribution in [2.24, 2.45) is 0 Å². The van der Waals surface area contributed by atoms with Crippen LogP contribution in [-0.2, 0) is 16.6 Å². The van der Waals surface area contributed by atoms with Gasteiger partial charge in [-0.3, -0.25) is 4.90 Å². The zero-order chi connectivity index (χ0) is 12.8. The second kappa shape index (κ2) is 6.23. The molecule has 0 bridgehead atoms. The van der Waals surface area contributed by atoms with Gasteiger partial charge in [0, 0.05) is 32.7 Å². The third kappa shape index (κ3) is 4.33. The molecule has 1 aliphatic heterocycles. The summed E-state index contributed by atoms with van der Waals surface area (Å²) in [4.78, 5) is 5.87. The number of piperazine rings is 1. The van der Waals surface area contributed by atoms with Crippen molar-refractivity contribution >= 4 is 10.0 Å². The summed E-state index contributed by atoms with van der Waals surface area (Å²) in [5, 5.41) is 6.76. The van der Waals surface area contributed by atoms with Crippen LogP contribution in [0, 0.1) is 0 Å². The lowest BCUT2D eigenvalue weighted by atomic mass is 10.4. The van der Waals surface area contributed by atoms with Gasteiger partial charge in [-0.25, -0.2) is 13.1 Å². The average Bonchev–Trinajstić information content (AvgIpc) is 2.89. The molecule has 0 saturated carbocycles. The standard InChI is InChI=1S/C9H17N5O3S/c15-18(16,12-7-9-11-8-17-13-9)6-5-14-3-1-10-2-4-14/h8,10,12H,1-7H2. The Morgan fingerprint density at radius 3 is 2.89 bits per heavy atom. The lowest BCUT2D eigenvalue weighted by Crippen LogP contribution is -2.45. The molecule has 1 fully saturated rings. The fourth-order valence-corrected chi connectivity index (χ4v) is 2.69. The highest BCUT2D eigenvalue weighted by Gasteiger charge is 2.15. The van der Waals surface area contributed by atoms with Gasteiger partial charge in [0.2, 0.25) is 16.4 Å². The summed E-state index contributed by atoms with van der Waals surface area (Å²) >= 11 is 0. The van der Waals surface area contributed by atoms with E-state index in [1.165, 1.54) is 6.39 Å². The minimum atomic E-state index is -3.29. The van der Waals surface area contributed by atoms with Gasteiger partial charge in [0.1, 0.15) is 0 Å². The van der Waals surface area contributed by atoms with Gasteiger partial charge in [0.05, 0.1) is 12.3 Å². The number of nitrogens with zero attached hydrogens (tertiary/aromatic N) is 3. The molecule has 0 spiro atoms. The van der Waals surface area contributed by atoms with Gasteiger partial charge in [-0.2, -0.15) is 4.98 Å². The largest absolute Gasteiger partial charge is 0.343 e. The molecule has 18 heavy (non-hydrogen) atoms. The van der Waals surface area contributed by atoms with E-state index in [1.54, 1.807) is 0 Å². The van der Waals surface area contributed by atoms with E-state index in [-0.39, 0.29) is 12.3 Å². The zero-order valence-corrected chi connectivity index (χ0v) is 10.8. The highest BCUT2D eigenvalue weighted by atomic mass is 32.2. The fourth-order valence-electron chi connectivity index (χ4n) is 1.70. The minimum absolute atomic E-state index is 0.0698. The molecule has 1 aliphatic rings. The van der Waals surface area contributed by atoms with Crippen molar-refractivity contribution in [2.45, 2.75) is 6.54 Å². The summed E-state index contributed by atoms with van der Waals surface area (Å²) in [5.74, 6) is 0.422. The summed E-state index contributed by atoms with van der Waals surface area (Å²) in [6.07, 6.45) is 1.17. The van der Waals surface area contributed by atoms with E-state index in [0.29, 0.717) is 12.4 Å². The summed E-state index contributed by atoms with van der Waals surface area (Å²) in [6, 6.07) is 0. The third-order valence-electron chi connectivity index (χ3n) is 2.74. The van der Waals surface area contributed by atoms with Crippen molar-refractivity contribution in [2.75, 3.05) is 38.5 Å². The Morgan fingerprint density at radius 2 is 2.22 bits per heavy atom. The fraction of sp³-hybridized carbons (Fsp3) is 0.778. The van der Waals surface area contributed by atoms with Crippen LogP contribution in [0.15, 0.2) is 10.9 Å². The molecule has 2 heterocycles. The first-order valence-electron chi connectivity index (χ1n) is 5.81. The smallest absolute Gasteiger partial charge is 0.213 e. The summed E-state index contributed by atoms with van der Waals surface area (Å²) in [5.41, 5.74) is 0. The van der Waals surface area contributed by atoms with Crippen molar-refractivity contribution in [3.05, 3.63) is 12.2 Å². The van der Waals surface area contributed by atoms with E-state index in [1.807, 2.05) is 0 Å². The number of hydrogen-bond acceptors (Lipinski definition) is 7. The number of sulfonamides is 1. The Hall–Kier alpha value is -1.03. The normalized spacial score (nSPS) is 18.0. The molecule has 0 aromatic carbocycles. The topological polar surface area (TPSA) is 100 Å². The molecule has 8 nitrogen and oxygen atoms in total. The monoisotopic (exact) mass is 275 g/mol. The molecule has 102 valence electrons. The maximum atomic E-state index is 11.7. The van der Waals surface area contributed by atoms with Gasteiger partial charge in [0.25, 0.3) is 0 Å². The van der Waals surface area contributed by atoms with Crippen LogP contribution in [0.4, 0.5) is 0 Å². The number of aromatic nitrogens is 2. The quantitative estimate of drug-likeness (QED) is 0.644. The number of rotatable bonds is 6. The van der Waals surface area contributed by atoms with Gasteiger partial charge in [0.15, 0.2) is 5.82 Å². The van der Waals surface area contributed by atoms with E-state index in [4.69, 9.17) is 0 Å². The predicted molar refractivity (Wildman–Crippen MR) is 64.2 cm³/mol. The molecular formula is C9H17N5O3S. The van der Waals surface area contributed by atoms with Crippen LogP contribution in [0.1, 0.15) is 5.82 Å².